The van der Waals surface area contributed by atoms with Gasteiger partial charge in [0, 0.05) is 31.6 Å². The highest BCUT2D eigenvalue weighted by Gasteiger charge is 2.47. The Hall–Kier alpha value is -3.84. The molecule has 1 aliphatic heterocycles. The molecule has 0 fully saturated rings. The maximum absolute atomic E-state index is 16.4. The van der Waals surface area contributed by atoms with Crippen molar-refractivity contribution in [2.75, 3.05) is 32.4 Å². The van der Waals surface area contributed by atoms with E-state index in [9.17, 15) is 5.26 Å². The third-order valence-electron chi connectivity index (χ3n) is 9.15. The normalized spacial score (nSPS) is 17.4. The molecule has 0 bridgehead atoms. The van der Waals surface area contributed by atoms with Crippen LogP contribution in [0.15, 0.2) is 59.8 Å². The van der Waals surface area contributed by atoms with Crippen LogP contribution in [0.1, 0.15) is 51.9 Å². The smallest absolute Gasteiger partial charge is 0.188 e. The highest BCUT2D eigenvalue weighted by Crippen LogP contribution is 2.50. The van der Waals surface area contributed by atoms with Gasteiger partial charge in [-0.1, -0.05) is 47.6 Å². The molecule has 6 rings (SSSR count). The second-order valence-corrected chi connectivity index (χ2v) is 12.7. The van der Waals surface area contributed by atoms with Crippen molar-refractivity contribution in [3.8, 4) is 17.6 Å². The molecule has 1 atom stereocenters. The standard InChI is InChI=1S/C35H35ClFN5O2S/c1-41-21-28-30(39-34(45-4)40-33(28)36)17-35(41)15-5-6-26-29(37)16-31(27(18-38)32(26)35)42(19-22-7-11-24(43-2)12-8-22)20-23-9-13-25(44-3)14-10-23/h7-14,16H,5-6,15,17,19-21H2,1-4H3. The number of ether oxygens (including phenoxy) is 2. The third kappa shape index (κ3) is 5.83. The van der Waals surface area contributed by atoms with Crippen LogP contribution in [0.2, 0.25) is 5.15 Å². The van der Waals surface area contributed by atoms with Crippen LogP contribution in [0.4, 0.5) is 10.1 Å². The number of aromatic nitrogens is 2. The first-order valence-electron chi connectivity index (χ1n) is 14.9. The number of hydrogen-bond acceptors (Lipinski definition) is 8. The summed E-state index contributed by atoms with van der Waals surface area (Å²) in [6.07, 6.45) is 4.62. The van der Waals surface area contributed by atoms with E-state index >= 15 is 4.39 Å². The Morgan fingerprint density at radius 2 is 1.64 bits per heavy atom. The molecule has 45 heavy (non-hydrogen) atoms. The molecule has 0 saturated carbocycles. The van der Waals surface area contributed by atoms with Crippen molar-refractivity contribution in [3.05, 3.63) is 105 Å². The van der Waals surface area contributed by atoms with Gasteiger partial charge in [0.15, 0.2) is 5.16 Å². The molecule has 4 aromatic rings. The lowest BCUT2D eigenvalue weighted by Crippen LogP contribution is -2.51. The van der Waals surface area contributed by atoms with Crippen LogP contribution < -0.4 is 14.4 Å². The van der Waals surface area contributed by atoms with E-state index in [0.29, 0.717) is 59.6 Å². The summed E-state index contributed by atoms with van der Waals surface area (Å²) in [5.41, 5.74) is 5.66. The zero-order chi connectivity index (χ0) is 31.7. The number of thioether (sulfide) groups is 1. The van der Waals surface area contributed by atoms with E-state index in [4.69, 9.17) is 26.1 Å². The number of methoxy groups -OCH3 is 2. The van der Waals surface area contributed by atoms with Crippen LogP contribution >= 0.6 is 23.4 Å². The Morgan fingerprint density at radius 3 is 2.20 bits per heavy atom. The molecule has 1 unspecified atom stereocenters. The van der Waals surface area contributed by atoms with Crippen molar-refractivity contribution in [2.24, 2.45) is 0 Å². The lowest BCUT2D eigenvalue weighted by Gasteiger charge is -2.50. The fourth-order valence-corrected chi connectivity index (χ4v) is 7.52. The molecule has 1 spiro atoms. The van der Waals surface area contributed by atoms with Crippen molar-refractivity contribution < 1.29 is 13.9 Å². The first kappa shape index (κ1) is 31.2. The predicted molar refractivity (Wildman–Crippen MR) is 176 cm³/mol. The minimum absolute atomic E-state index is 0.280. The quantitative estimate of drug-likeness (QED) is 0.112. The lowest BCUT2D eigenvalue weighted by atomic mass is 9.68. The molecule has 7 nitrogen and oxygen atoms in total. The van der Waals surface area contributed by atoms with Crippen molar-refractivity contribution in [3.63, 3.8) is 0 Å². The van der Waals surface area contributed by atoms with E-state index in [1.54, 1.807) is 20.3 Å². The number of halogens is 2. The lowest BCUT2D eigenvalue weighted by molar-refractivity contribution is 0.0714. The van der Waals surface area contributed by atoms with E-state index in [2.05, 4.69) is 20.9 Å². The Morgan fingerprint density at radius 1 is 1.02 bits per heavy atom. The highest BCUT2D eigenvalue weighted by atomic mass is 35.5. The summed E-state index contributed by atoms with van der Waals surface area (Å²) in [5, 5.41) is 12.0. The molecular formula is C35H35ClFN5O2S. The van der Waals surface area contributed by atoms with Crippen molar-refractivity contribution in [1.29, 1.82) is 5.26 Å². The van der Waals surface area contributed by atoms with Crippen molar-refractivity contribution >= 4 is 29.1 Å². The minimum Gasteiger partial charge on any atom is -0.497 e. The number of hydrogen-bond donors (Lipinski definition) is 0. The van der Waals surface area contributed by atoms with Gasteiger partial charge in [-0.05, 0) is 85.2 Å². The zero-order valence-corrected chi connectivity index (χ0v) is 27.4. The van der Waals surface area contributed by atoms with Gasteiger partial charge < -0.3 is 14.4 Å². The van der Waals surface area contributed by atoms with E-state index in [0.717, 1.165) is 52.3 Å². The summed E-state index contributed by atoms with van der Waals surface area (Å²) in [6.45, 7) is 1.45. The molecule has 1 aliphatic carbocycles. The maximum atomic E-state index is 16.4. The molecule has 10 heteroatoms. The number of benzene rings is 3. The number of nitriles is 1. The molecular weight excluding hydrogens is 609 g/mol. The Labute approximate surface area is 273 Å². The van der Waals surface area contributed by atoms with Crippen LogP contribution in [0, 0.1) is 17.1 Å². The first-order chi connectivity index (χ1) is 21.8. The van der Waals surface area contributed by atoms with Gasteiger partial charge in [0.2, 0.25) is 0 Å². The van der Waals surface area contributed by atoms with Gasteiger partial charge in [-0.15, -0.1) is 0 Å². The molecule has 232 valence electrons. The summed E-state index contributed by atoms with van der Waals surface area (Å²) in [7, 11) is 5.31. The number of fused-ring (bicyclic) bond motifs is 3. The average Bonchev–Trinajstić information content (AvgIpc) is 3.06. The number of nitrogens with zero attached hydrogens (tertiary/aromatic N) is 5. The van der Waals surface area contributed by atoms with Gasteiger partial charge in [-0.3, -0.25) is 4.90 Å². The summed E-state index contributed by atoms with van der Waals surface area (Å²) in [4.78, 5) is 13.6. The first-order valence-corrected chi connectivity index (χ1v) is 16.5. The average molecular weight is 644 g/mol. The third-order valence-corrected chi connectivity index (χ3v) is 10.0. The van der Waals surface area contributed by atoms with Gasteiger partial charge in [0.1, 0.15) is 28.5 Å². The summed E-state index contributed by atoms with van der Waals surface area (Å²) < 4.78 is 27.1. The Bertz CT molecular complexity index is 1710. The van der Waals surface area contributed by atoms with E-state index < -0.39 is 5.54 Å². The topological polar surface area (TPSA) is 74.5 Å². The zero-order valence-electron chi connectivity index (χ0n) is 25.9. The Balaban J connectivity index is 1.50. The molecule has 0 N–H and O–H groups in total. The van der Waals surface area contributed by atoms with Gasteiger partial charge in [-0.25, -0.2) is 14.4 Å². The van der Waals surface area contributed by atoms with Gasteiger partial charge in [0.05, 0.1) is 36.7 Å². The molecule has 2 heterocycles. The van der Waals surface area contributed by atoms with Crippen molar-refractivity contribution in [2.45, 2.75) is 56.0 Å². The highest BCUT2D eigenvalue weighted by molar-refractivity contribution is 7.98. The number of likely N-dealkylation sites (N-methyl/N-ethyl adjacent to an activating group) is 1. The maximum Gasteiger partial charge on any atom is 0.188 e. The van der Waals surface area contributed by atoms with Crippen LogP contribution in [-0.2, 0) is 38.0 Å². The largest absolute Gasteiger partial charge is 0.497 e. The second kappa shape index (κ2) is 12.9. The van der Waals surface area contributed by atoms with E-state index in [1.165, 1.54) is 11.8 Å². The number of anilines is 1. The second-order valence-electron chi connectivity index (χ2n) is 11.6. The SMILES string of the molecule is COc1ccc(CN(Cc2ccc(OC)cc2)c2cc(F)c3c(c2C#N)C2(CCC3)Cc3nc(SC)nc(Cl)c3CN2C)cc1. The van der Waals surface area contributed by atoms with Gasteiger partial charge in [-0.2, -0.15) is 5.26 Å². The van der Waals surface area contributed by atoms with Crippen LogP contribution in [-0.4, -0.2) is 42.4 Å². The van der Waals surface area contributed by atoms with Crippen LogP contribution in [0.25, 0.3) is 0 Å². The van der Waals surface area contributed by atoms with Gasteiger partial charge >= 0.3 is 0 Å². The Kier molecular flexibility index (Phi) is 8.91. The molecule has 3 aromatic carbocycles. The monoisotopic (exact) mass is 643 g/mol. The van der Waals surface area contributed by atoms with Crippen LogP contribution in [0.5, 0.6) is 11.5 Å². The predicted octanol–water partition coefficient (Wildman–Crippen LogP) is 7.31. The molecule has 0 radical (unpaired) electrons. The molecule has 1 aromatic heterocycles. The number of rotatable bonds is 8. The molecule has 0 saturated heterocycles. The van der Waals surface area contributed by atoms with Gasteiger partial charge in [0.25, 0.3) is 0 Å². The molecule has 2 aliphatic rings. The van der Waals surface area contributed by atoms with E-state index in [-0.39, 0.29) is 5.82 Å². The van der Waals surface area contributed by atoms with E-state index in [1.807, 2.05) is 61.8 Å². The summed E-state index contributed by atoms with van der Waals surface area (Å²) >= 11 is 8.08. The molecule has 0 amide bonds. The fourth-order valence-electron chi connectivity index (χ4n) is 6.84. The summed E-state index contributed by atoms with van der Waals surface area (Å²) in [6, 6.07) is 19.8. The minimum atomic E-state index is -0.609. The summed E-state index contributed by atoms with van der Waals surface area (Å²) in [5.74, 6) is 1.24. The van der Waals surface area contributed by atoms with Crippen LogP contribution in [0.3, 0.4) is 0 Å². The van der Waals surface area contributed by atoms with Crippen molar-refractivity contribution in [1.82, 2.24) is 14.9 Å². The fraction of sp³-hybridized carbons (Fsp3) is 0.343.